The molecular weight excluding hydrogens is 306 g/mol. The quantitative estimate of drug-likeness (QED) is 0.528. The van der Waals surface area contributed by atoms with Gasteiger partial charge in [-0.15, -0.1) is 0 Å². The van der Waals surface area contributed by atoms with Crippen molar-refractivity contribution in [2.24, 2.45) is 0 Å². The molecule has 1 N–H and O–H groups in total. The Balaban J connectivity index is 1.90. The van der Waals surface area contributed by atoms with Crippen molar-refractivity contribution >= 4 is 22.4 Å². The Morgan fingerprint density at radius 1 is 0.680 bits per heavy atom. The molecule has 1 aromatic heterocycles. The molecule has 0 saturated heterocycles. The van der Waals surface area contributed by atoms with E-state index in [0.717, 1.165) is 33.8 Å². The van der Waals surface area contributed by atoms with E-state index in [0.29, 0.717) is 0 Å². The Hall–Kier alpha value is -3.20. The lowest BCUT2D eigenvalue weighted by Crippen LogP contribution is -2.02. The highest BCUT2D eigenvalue weighted by molar-refractivity contribution is 5.92. The fourth-order valence-electron chi connectivity index (χ4n) is 3.02. The van der Waals surface area contributed by atoms with Crippen molar-refractivity contribution in [2.45, 2.75) is 13.8 Å². The minimum Gasteiger partial charge on any atom is -0.339 e. The number of aryl methyl sites for hydroxylation is 2. The highest BCUT2D eigenvalue weighted by Gasteiger charge is 2.11. The van der Waals surface area contributed by atoms with Crippen molar-refractivity contribution in [3.8, 4) is 11.4 Å². The van der Waals surface area contributed by atoms with Crippen molar-refractivity contribution in [3.05, 3.63) is 83.9 Å². The third kappa shape index (κ3) is 2.96. The Labute approximate surface area is 147 Å². The lowest BCUT2D eigenvalue weighted by Gasteiger charge is -2.14. The molecule has 25 heavy (non-hydrogen) atoms. The Morgan fingerprint density at radius 3 is 2.12 bits per heavy atom. The molecule has 122 valence electrons. The predicted octanol–water partition coefficient (Wildman–Crippen LogP) is 5.66. The van der Waals surface area contributed by atoms with Crippen LogP contribution < -0.4 is 5.32 Å². The maximum atomic E-state index is 4.83. The maximum Gasteiger partial charge on any atom is 0.162 e. The van der Waals surface area contributed by atoms with Gasteiger partial charge in [0.2, 0.25) is 0 Å². The Kier molecular flexibility index (Phi) is 3.90. The number of hydrogen-bond donors (Lipinski definition) is 1. The molecule has 4 aromatic rings. The van der Waals surface area contributed by atoms with Crippen molar-refractivity contribution in [1.82, 2.24) is 9.97 Å². The summed E-state index contributed by atoms with van der Waals surface area (Å²) in [5.41, 5.74) is 5.45. The van der Waals surface area contributed by atoms with E-state index in [2.05, 4.69) is 43.4 Å². The number of rotatable bonds is 3. The van der Waals surface area contributed by atoms with Crippen LogP contribution in [0.4, 0.5) is 11.5 Å². The van der Waals surface area contributed by atoms with Crippen molar-refractivity contribution in [1.29, 1.82) is 0 Å². The number of nitrogens with zero attached hydrogens (tertiary/aromatic N) is 2. The van der Waals surface area contributed by atoms with Crippen LogP contribution in [0.5, 0.6) is 0 Å². The second kappa shape index (κ2) is 6.36. The van der Waals surface area contributed by atoms with E-state index >= 15 is 0 Å². The number of aromatic nitrogens is 2. The summed E-state index contributed by atoms with van der Waals surface area (Å²) in [6.07, 6.45) is 0. The zero-order chi connectivity index (χ0) is 17.2. The molecule has 0 aliphatic carbocycles. The summed E-state index contributed by atoms with van der Waals surface area (Å²) < 4.78 is 0. The monoisotopic (exact) mass is 325 g/mol. The fourth-order valence-corrected chi connectivity index (χ4v) is 3.02. The van der Waals surface area contributed by atoms with Crippen molar-refractivity contribution < 1.29 is 0 Å². The van der Waals surface area contributed by atoms with Gasteiger partial charge in [0.1, 0.15) is 5.82 Å². The molecule has 0 aliphatic rings. The SMILES string of the molecule is Cc1cccc(C)c1Nc1nc(-c2ccccc2)nc2ccccc12. The standard InChI is InChI=1S/C22H19N3/c1-15-9-8-10-16(2)20(15)24-22-18-13-6-7-14-19(18)23-21(25-22)17-11-4-3-5-12-17/h3-14H,1-2H3,(H,23,24,25). The molecule has 3 nitrogen and oxygen atoms in total. The summed E-state index contributed by atoms with van der Waals surface area (Å²) in [5.74, 6) is 1.56. The topological polar surface area (TPSA) is 37.8 Å². The molecule has 0 bridgehead atoms. The second-order valence-corrected chi connectivity index (χ2v) is 6.17. The molecule has 0 spiro atoms. The first-order chi connectivity index (χ1) is 12.2. The molecule has 0 aliphatic heterocycles. The van der Waals surface area contributed by atoms with Crippen LogP contribution in [0, 0.1) is 13.8 Å². The van der Waals surface area contributed by atoms with E-state index in [1.54, 1.807) is 0 Å². The number of anilines is 2. The zero-order valence-corrected chi connectivity index (χ0v) is 14.3. The van der Waals surface area contributed by atoms with Gasteiger partial charge in [-0.2, -0.15) is 0 Å². The fraction of sp³-hybridized carbons (Fsp3) is 0.0909. The van der Waals surface area contributed by atoms with Gasteiger partial charge in [-0.3, -0.25) is 0 Å². The van der Waals surface area contributed by atoms with Crippen LogP contribution in [0.1, 0.15) is 11.1 Å². The summed E-state index contributed by atoms with van der Waals surface area (Å²) in [6, 6.07) is 24.5. The highest BCUT2D eigenvalue weighted by Crippen LogP contribution is 2.29. The molecule has 0 radical (unpaired) electrons. The van der Waals surface area contributed by atoms with E-state index in [9.17, 15) is 0 Å². The third-order valence-electron chi connectivity index (χ3n) is 4.36. The summed E-state index contributed by atoms with van der Waals surface area (Å²) in [5, 5.41) is 4.56. The van der Waals surface area contributed by atoms with Crippen molar-refractivity contribution in [2.75, 3.05) is 5.32 Å². The van der Waals surface area contributed by atoms with Gasteiger partial charge in [0.15, 0.2) is 5.82 Å². The van der Waals surface area contributed by atoms with Gasteiger partial charge in [0.05, 0.1) is 5.52 Å². The van der Waals surface area contributed by atoms with E-state index in [-0.39, 0.29) is 0 Å². The predicted molar refractivity (Wildman–Crippen MR) is 104 cm³/mol. The third-order valence-corrected chi connectivity index (χ3v) is 4.36. The van der Waals surface area contributed by atoms with Crippen molar-refractivity contribution in [3.63, 3.8) is 0 Å². The summed E-state index contributed by atoms with van der Waals surface area (Å²) in [4.78, 5) is 9.57. The number of para-hydroxylation sites is 2. The van der Waals surface area contributed by atoms with Crippen LogP contribution in [0.3, 0.4) is 0 Å². The molecule has 3 heteroatoms. The van der Waals surface area contributed by atoms with Gasteiger partial charge < -0.3 is 5.32 Å². The number of nitrogens with one attached hydrogen (secondary N) is 1. The van der Waals surface area contributed by atoms with Gasteiger partial charge in [0.25, 0.3) is 0 Å². The lowest BCUT2D eigenvalue weighted by molar-refractivity contribution is 1.21. The van der Waals surface area contributed by atoms with Gasteiger partial charge >= 0.3 is 0 Å². The minimum absolute atomic E-state index is 0.730. The Bertz CT molecular complexity index is 1020. The first kappa shape index (κ1) is 15.3. The molecule has 0 amide bonds. The van der Waals surface area contributed by atoms with Crippen LogP contribution in [0.25, 0.3) is 22.3 Å². The molecule has 0 atom stereocenters. The average molecular weight is 325 g/mol. The van der Waals surface area contributed by atoms with E-state index < -0.39 is 0 Å². The number of benzene rings is 3. The highest BCUT2D eigenvalue weighted by atomic mass is 15.0. The molecule has 3 aromatic carbocycles. The molecule has 1 heterocycles. The number of fused-ring (bicyclic) bond motifs is 1. The van der Waals surface area contributed by atoms with E-state index in [4.69, 9.17) is 9.97 Å². The van der Waals surface area contributed by atoms with Crippen LogP contribution in [-0.2, 0) is 0 Å². The minimum atomic E-state index is 0.730. The normalized spacial score (nSPS) is 10.8. The van der Waals surface area contributed by atoms with E-state index in [1.165, 1.54) is 11.1 Å². The van der Waals surface area contributed by atoms with Crippen LogP contribution in [0.2, 0.25) is 0 Å². The van der Waals surface area contributed by atoms with E-state index in [1.807, 2.05) is 48.5 Å². The first-order valence-electron chi connectivity index (χ1n) is 8.38. The molecule has 0 unspecified atom stereocenters. The molecular formula is C22H19N3. The largest absolute Gasteiger partial charge is 0.339 e. The van der Waals surface area contributed by atoms with Crippen LogP contribution in [0.15, 0.2) is 72.8 Å². The molecule has 0 saturated carbocycles. The van der Waals surface area contributed by atoms with Gasteiger partial charge in [0, 0.05) is 16.6 Å². The first-order valence-corrected chi connectivity index (χ1v) is 8.38. The maximum absolute atomic E-state index is 4.83. The van der Waals surface area contributed by atoms with Crippen LogP contribution in [-0.4, -0.2) is 9.97 Å². The second-order valence-electron chi connectivity index (χ2n) is 6.17. The number of hydrogen-bond acceptors (Lipinski definition) is 3. The smallest absolute Gasteiger partial charge is 0.162 e. The van der Waals surface area contributed by atoms with Gasteiger partial charge in [-0.25, -0.2) is 9.97 Å². The average Bonchev–Trinajstić information content (AvgIpc) is 2.65. The molecule has 0 fully saturated rings. The lowest BCUT2D eigenvalue weighted by atomic mass is 10.1. The van der Waals surface area contributed by atoms with Crippen LogP contribution >= 0.6 is 0 Å². The molecule has 4 rings (SSSR count). The summed E-state index contributed by atoms with van der Waals surface area (Å²) in [6.45, 7) is 4.22. The summed E-state index contributed by atoms with van der Waals surface area (Å²) >= 11 is 0. The Morgan fingerprint density at radius 2 is 1.36 bits per heavy atom. The summed E-state index contributed by atoms with van der Waals surface area (Å²) in [7, 11) is 0. The zero-order valence-electron chi connectivity index (χ0n) is 14.3. The van der Waals surface area contributed by atoms with Gasteiger partial charge in [-0.1, -0.05) is 60.7 Å². The van der Waals surface area contributed by atoms with Gasteiger partial charge in [-0.05, 0) is 37.1 Å².